The van der Waals surface area contributed by atoms with Crippen LogP contribution in [-0.2, 0) is 14.3 Å². The van der Waals surface area contributed by atoms with Crippen molar-refractivity contribution in [1.29, 1.82) is 5.26 Å². The highest BCUT2D eigenvalue weighted by molar-refractivity contribution is 6.11. The number of carbonyl (C=O) groups is 2. The van der Waals surface area contributed by atoms with Gasteiger partial charge in [-0.3, -0.25) is 9.59 Å². The number of ketones is 1. The molecule has 0 aliphatic rings. The van der Waals surface area contributed by atoms with Gasteiger partial charge in [0, 0.05) is 18.7 Å². The summed E-state index contributed by atoms with van der Waals surface area (Å²) in [7, 11) is 0. The normalized spacial score (nSPS) is 12.6. The quantitative estimate of drug-likeness (QED) is 0.424. The smallest absolute Gasteiger partial charge is 0.245 e. The van der Waals surface area contributed by atoms with Gasteiger partial charge in [0.25, 0.3) is 0 Å². The molecular formula is C19H23FN2O3. The maximum absolute atomic E-state index is 13.7. The van der Waals surface area contributed by atoms with E-state index in [4.69, 9.17) is 10.00 Å². The predicted molar refractivity (Wildman–Crippen MR) is 92.9 cm³/mol. The van der Waals surface area contributed by atoms with E-state index in [1.165, 1.54) is 12.1 Å². The molecule has 5 nitrogen and oxygen atoms in total. The highest BCUT2D eigenvalue weighted by Crippen LogP contribution is 2.18. The molecule has 1 N–H and O–H groups in total. The van der Waals surface area contributed by atoms with Gasteiger partial charge < -0.3 is 10.1 Å². The first-order valence-corrected chi connectivity index (χ1v) is 8.12. The zero-order valence-corrected chi connectivity index (χ0v) is 14.7. The van der Waals surface area contributed by atoms with E-state index in [2.05, 4.69) is 5.32 Å². The lowest BCUT2D eigenvalue weighted by Crippen LogP contribution is -2.35. The van der Waals surface area contributed by atoms with Crippen molar-refractivity contribution in [3.05, 3.63) is 41.7 Å². The fourth-order valence-corrected chi connectivity index (χ4v) is 2.11. The van der Waals surface area contributed by atoms with Gasteiger partial charge in [0.2, 0.25) is 5.91 Å². The number of halogens is 1. The summed E-state index contributed by atoms with van der Waals surface area (Å²) in [5, 5.41) is 11.7. The molecule has 1 rings (SSSR count). The van der Waals surface area contributed by atoms with Gasteiger partial charge in [-0.1, -0.05) is 18.2 Å². The van der Waals surface area contributed by atoms with Crippen molar-refractivity contribution in [3.63, 3.8) is 0 Å². The maximum Gasteiger partial charge on any atom is 0.245 e. The molecular weight excluding hydrogens is 323 g/mol. The molecule has 0 bridgehead atoms. The number of rotatable bonds is 9. The van der Waals surface area contributed by atoms with Gasteiger partial charge in [0.1, 0.15) is 5.82 Å². The number of nitriles is 1. The van der Waals surface area contributed by atoms with E-state index in [9.17, 15) is 14.0 Å². The molecule has 1 unspecified atom stereocenters. The average molecular weight is 346 g/mol. The van der Waals surface area contributed by atoms with Crippen molar-refractivity contribution in [2.75, 3.05) is 13.2 Å². The summed E-state index contributed by atoms with van der Waals surface area (Å²) >= 11 is 0. The van der Waals surface area contributed by atoms with E-state index in [-0.39, 0.29) is 11.7 Å². The molecule has 0 heterocycles. The zero-order valence-electron chi connectivity index (χ0n) is 14.7. The van der Waals surface area contributed by atoms with Crippen LogP contribution in [0.1, 0.15) is 32.8 Å². The van der Waals surface area contributed by atoms with E-state index in [0.29, 0.717) is 25.1 Å². The number of carbonyl (C=O) groups excluding carboxylic acids is 2. The van der Waals surface area contributed by atoms with Crippen LogP contribution < -0.4 is 5.32 Å². The summed E-state index contributed by atoms with van der Waals surface area (Å²) in [5.41, 5.74) is 0.625. The Morgan fingerprint density at radius 3 is 2.64 bits per heavy atom. The monoisotopic (exact) mass is 346 g/mol. The van der Waals surface area contributed by atoms with Gasteiger partial charge in [-0.15, -0.1) is 0 Å². The third-order valence-electron chi connectivity index (χ3n) is 3.40. The van der Waals surface area contributed by atoms with E-state index in [0.717, 1.165) is 6.08 Å². The maximum atomic E-state index is 13.7. The molecule has 1 aromatic carbocycles. The predicted octanol–water partition coefficient (Wildman–Crippen LogP) is 2.87. The molecule has 1 amide bonds. The third-order valence-corrected chi connectivity index (χ3v) is 3.40. The van der Waals surface area contributed by atoms with E-state index in [1.54, 1.807) is 25.1 Å². The van der Waals surface area contributed by atoms with Crippen molar-refractivity contribution in [3.8, 4) is 6.07 Å². The Hall–Kier alpha value is -2.52. The molecule has 0 saturated heterocycles. The largest absolute Gasteiger partial charge is 0.379 e. The van der Waals surface area contributed by atoms with Gasteiger partial charge in [-0.05, 0) is 44.9 Å². The first kappa shape index (κ1) is 20.5. The Morgan fingerprint density at radius 2 is 2.04 bits per heavy atom. The van der Waals surface area contributed by atoms with Crippen LogP contribution in [0.15, 0.2) is 30.3 Å². The molecule has 0 fully saturated rings. The lowest BCUT2D eigenvalue weighted by atomic mass is 9.99. The highest BCUT2D eigenvalue weighted by Gasteiger charge is 2.24. The van der Waals surface area contributed by atoms with Crippen molar-refractivity contribution in [2.45, 2.75) is 33.3 Å². The highest BCUT2D eigenvalue weighted by atomic mass is 19.1. The van der Waals surface area contributed by atoms with Crippen molar-refractivity contribution in [2.24, 2.45) is 5.92 Å². The number of benzene rings is 1. The molecule has 0 saturated carbocycles. The molecule has 0 aliphatic carbocycles. The Balaban J connectivity index is 2.65. The number of nitrogens with one attached hydrogen (secondary N) is 1. The lowest BCUT2D eigenvalue weighted by Gasteiger charge is -2.10. The Labute approximate surface area is 147 Å². The number of allylic oxidation sites excluding steroid dienone is 2. The van der Waals surface area contributed by atoms with Crippen LogP contribution in [0, 0.1) is 23.1 Å². The van der Waals surface area contributed by atoms with Gasteiger partial charge in [0.05, 0.1) is 12.2 Å². The molecule has 25 heavy (non-hydrogen) atoms. The minimum atomic E-state index is -1.45. The van der Waals surface area contributed by atoms with Crippen molar-refractivity contribution >= 4 is 17.3 Å². The molecule has 1 aromatic rings. The molecule has 134 valence electrons. The molecule has 0 radical (unpaired) electrons. The number of ether oxygens (including phenoxy) is 1. The first-order chi connectivity index (χ1) is 11.9. The second-order valence-corrected chi connectivity index (χ2v) is 5.84. The lowest BCUT2D eigenvalue weighted by molar-refractivity contribution is -0.129. The van der Waals surface area contributed by atoms with Gasteiger partial charge in [-0.2, -0.15) is 5.26 Å². The number of hydrogen-bond donors (Lipinski definition) is 1. The molecule has 1 atom stereocenters. The molecule has 0 aromatic heterocycles. The standard InChI is InChI=1S/C19H23FN2O3/c1-13(2)25-10-6-9-22-19(24)16(12-21)18(23)11-14(3)15-7-4-5-8-17(15)20/h4-5,7-8,11,13,16H,6,9-10H2,1-3H3,(H,22,24)/b14-11-. The van der Waals surface area contributed by atoms with E-state index >= 15 is 0 Å². The third kappa shape index (κ3) is 6.86. The van der Waals surface area contributed by atoms with Crippen LogP contribution in [0.3, 0.4) is 0 Å². The van der Waals surface area contributed by atoms with Crippen LogP contribution in [0.4, 0.5) is 4.39 Å². The van der Waals surface area contributed by atoms with Gasteiger partial charge in [-0.25, -0.2) is 4.39 Å². The topological polar surface area (TPSA) is 79.2 Å². The Kier molecular flexibility index (Phi) is 8.51. The fraction of sp³-hybridized carbons (Fsp3) is 0.421. The Bertz CT molecular complexity index is 677. The molecule has 0 spiro atoms. The van der Waals surface area contributed by atoms with E-state index in [1.807, 2.05) is 13.8 Å². The Morgan fingerprint density at radius 1 is 1.36 bits per heavy atom. The zero-order chi connectivity index (χ0) is 18.8. The van der Waals surface area contributed by atoms with Crippen LogP contribution in [0.25, 0.3) is 5.57 Å². The minimum absolute atomic E-state index is 0.107. The summed E-state index contributed by atoms with van der Waals surface area (Å²) in [4.78, 5) is 24.2. The summed E-state index contributed by atoms with van der Waals surface area (Å²) in [5.74, 6) is -3.24. The average Bonchev–Trinajstić information content (AvgIpc) is 2.55. The fourth-order valence-electron chi connectivity index (χ4n) is 2.11. The van der Waals surface area contributed by atoms with Gasteiger partial charge in [0.15, 0.2) is 11.7 Å². The second-order valence-electron chi connectivity index (χ2n) is 5.84. The summed E-state index contributed by atoms with van der Waals surface area (Å²) in [6.45, 7) is 6.18. The van der Waals surface area contributed by atoms with Crippen molar-refractivity contribution < 1.29 is 18.7 Å². The van der Waals surface area contributed by atoms with Crippen molar-refractivity contribution in [1.82, 2.24) is 5.32 Å². The number of nitrogens with zero attached hydrogens (tertiary/aromatic N) is 1. The summed E-state index contributed by atoms with van der Waals surface area (Å²) < 4.78 is 19.1. The molecule has 6 heteroatoms. The second kappa shape index (κ2) is 10.4. The summed E-state index contributed by atoms with van der Waals surface area (Å²) in [6, 6.07) is 7.71. The van der Waals surface area contributed by atoms with Crippen LogP contribution in [0.2, 0.25) is 0 Å². The van der Waals surface area contributed by atoms with Crippen LogP contribution in [-0.4, -0.2) is 30.9 Å². The molecule has 0 aliphatic heterocycles. The van der Waals surface area contributed by atoms with Gasteiger partial charge >= 0.3 is 0 Å². The van der Waals surface area contributed by atoms with E-state index < -0.39 is 23.4 Å². The minimum Gasteiger partial charge on any atom is -0.379 e. The van der Waals surface area contributed by atoms with Crippen LogP contribution >= 0.6 is 0 Å². The number of hydrogen-bond acceptors (Lipinski definition) is 4. The SMILES string of the molecule is C/C(=C/C(=O)C(C#N)C(=O)NCCCOC(C)C)c1ccccc1F. The summed E-state index contributed by atoms with van der Waals surface area (Å²) in [6.07, 6.45) is 1.82. The number of amides is 1. The first-order valence-electron chi connectivity index (χ1n) is 8.12. The van der Waals surface area contributed by atoms with Crippen LogP contribution in [0.5, 0.6) is 0 Å².